The van der Waals surface area contributed by atoms with E-state index in [1.165, 1.54) is 0 Å². The highest BCUT2D eigenvalue weighted by Gasteiger charge is 2.18. The van der Waals surface area contributed by atoms with Crippen molar-refractivity contribution in [2.45, 2.75) is 19.5 Å². The van der Waals surface area contributed by atoms with Crippen LogP contribution in [0.5, 0.6) is 5.75 Å². The molecule has 2 N–H and O–H groups in total. The Morgan fingerprint density at radius 2 is 2.10 bits per heavy atom. The first-order chi connectivity index (χ1) is 10.0. The average molecular weight is 353 g/mol. The molecule has 4 nitrogen and oxygen atoms in total. The quantitative estimate of drug-likeness (QED) is 0.864. The Bertz CT molecular complexity index is 598. The lowest BCUT2D eigenvalue weighted by Gasteiger charge is -2.27. The second-order valence-corrected chi connectivity index (χ2v) is 5.93. The summed E-state index contributed by atoms with van der Waals surface area (Å²) < 4.78 is 11.8. The summed E-state index contributed by atoms with van der Waals surface area (Å²) in [6.45, 7) is 3.21. The van der Waals surface area contributed by atoms with Crippen molar-refractivity contribution in [1.29, 1.82) is 0 Å². The van der Waals surface area contributed by atoms with E-state index in [1.54, 1.807) is 7.11 Å². The summed E-state index contributed by atoms with van der Waals surface area (Å²) in [4.78, 5) is 2.19. The molecule has 0 spiro atoms. The average Bonchev–Trinajstić information content (AvgIpc) is 2.85. The third-order valence-corrected chi connectivity index (χ3v) is 4.14. The number of likely N-dealkylation sites (N-methyl/N-ethyl adjacent to an activating group) is 1. The van der Waals surface area contributed by atoms with Crippen LogP contribution >= 0.6 is 15.9 Å². The summed E-state index contributed by atoms with van der Waals surface area (Å²) in [6, 6.07) is 10.2. The molecule has 0 radical (unpaired) electrons. The summed E-state index contributed by atoms with van der Waals surface area (Å²) in [5, 5.41) is 0. The summed E-state index contributed by atoms with van der Waals surface area (Å²) in [5.41, 5.74) is 7.12. The van der Waals surface area contributed by atoms with Gasteiger partial charge in [-0.05, 0) is 59.7 Å². The lowest BCUT2D eigenvalue weighted by atomic mass is 10.1. The largest absolute Gasteiger partial charge is 0.496 e. The van der Waals surface area contributed by atoms with Crippen LogP contribution in [0.25, 0.3) is 0 Å². The minimum atomic E-state index is 0.123. The van der Waals surface area contributed by atoms with Crippen molar-refractivity contribution in [2.24, 2.45) is 5.73 Å². The van der Waals surface area contributed by atoms with Crippen molar-refractivity contribution in [1.82, 2.24) is 4.90 Å². The van der Waals surface area contributed by atoms with Crippen LogP contribution in [0.3, 0.4) is 0 Å². The number of methoxy groups -OCH3 is 1. The molecule has 0 aliphatic rings. The lowest BCUT2D eigenvalue weighted by molar-refractivity contribution is 0.221. The van der Waals surface area contributed by atoms with Crippen LogP contribution in [-0.2, 0) is 6.54 Å². The van der Waals surface area contributed by atoms with Gasteiger partial charge < -0.3 is 14.9 Å². The van der Waals surface area contributed by atoms with Gasteiger partial charge in [-0.25, -0.2) is 0 Å². The van der Waals surface area contributed by atoms with Gasteiger partial charge in [0.15, 0.2) is 0 Å². The van der Waals surface area contributed by atoms with Gasteiger partial charge >= 0.3 is 0 Å². The van der Waals surface area contributed by atoms with Gasteiger partial charge in [-0.3, -0.25) is 4.90 Å². The van der Waals surface area contributed by atoms with E-state index < -0.39 is 0 Å². The van der Waals surface area contributed by atoms with Gasteiger partial charge in [-0.2, -0.15) is 0 Å². The molecule has 0 amide bonds. The number of furan rings is 1. The number of nitrogens with two attached hydrogens (primary N) is 1. The zero-order chi connectivity index (χ0) is 15.4. The zero-order valence-corrected chi connectivity index (χ0v) is 14.2. The molecule has 5 heteroatoms. The number of ether oxygens (including phenoxy) is 1. The topological polar surface area (TPSA) is 51.6 Å². The van der Waals surface area contributed by atoms with E-state index in [4.69, 9.17) is 14.9 Å². The van der Waals surface area contributed by atoms with Crippen LogP contribution in [0.1, 0.15) is 23.1 Å². The van der Waals surface area contributed by atoms with Gasteiger partial charge in [0.05, 0.1) is 18.1 Å². The monoisotopic (exact) mass is 352 g/mol. The Morgan fingerprint density at radius 1 is 1.33 bits per heavy atom. The molecular weight excluding hydrogens is 332 g/mol. The first kappa shape index (κ1) is 16.1. The molecule has 1 aromatic carbocycles. The van der Waals surface area contributed by atoms with E-state index in [2.05, 4.69) is 26.9 Å². The molecular formula is C16H21BrN2O2. The number of rotatable bonds is 6. The van der Waals surface area contributed by atoms with Crippen LogP contribution in [0, 0.1) is 6.92 Å². The fourth-order valence-corrected chi connectivity index (χ4v) is 2.94. The molecule has 1 aromatic heterocycles. The van der Waals surface area contributed by atoms with Crippen molar-refractivity contribution in [3.05, 3.63) is 51.9 Å². The Morgan fingerprint density at radius 3 is 2.62 bits per heavy atom. The molecule has 1 heterocycles. The SMILES string of the molecule is COc1ccc(C(CN)N(C)Cc2ccc(C)o2)cc1Br. The van der Waals surface area contributed by atoms with Gasteiger partial charge in [0.1, 0.15) is 17.3 Å². The van der Waals surface area contributed by atoms with Crippen molar-refractivity contribution >= 4 is 15.9 Å². The highest BCUT2D eigenvalue weighted by atomic mass is 79.9. The predicted molar refractivity (Wildman–Crippen MR) is 87.4 cm³/mol. The maximum Gasteiger partial charge on any atom is 0.133 e. The van der Waals surface area contributed by atoms with Gasteiger partial charge in [0.2, 0.25) is 0 Å². The summed E-state index contributed by atoms with van der Waals surface area (Å²) in [5.74, 6) is 2.69. The third kappa shape index (κ3) is 3.87. The minimum absolute atomic E-state index is 0.123. The first-order valence-corrected chi connectivity index (χ1v) is 7.63. The zero-order valence-electron chi connectivity index (χ0n) is 12.6. The summed E-state index contributed by atoms with van der Waals surface area (Å²) in [6.07, 6.45) is 0. The highest BCUT2D eigenvalue weighted by Crippen LogP contribution is 2.30. The molecule has 0 saturated carbocycles. The van der Waals surface area contributed by atoms with E-state index in [1.807, 2.05) is 38.2 Å². The number of aryl methyl sites for hydroxylation is 1. The van der Waals surface area contributed by atoms with Crippen LogP contribution in [0.4, 0.5) is 0 Å². The number of nitrogens with zero attached hydrogens (tertiary/aromatic N) is 1. The number of hydrogen-bond acceptors (Lipinski definition) is 4. The smallest absolute Gasteiger partial charge is 0.133 e. The van der Waals surface area contributed by atoms with Crippen molar-refractivity contribution in [2.75, 3.05) is 20.7 Å². The van der Waals surface area contributed by atoms with Crippen molar-refractivity contribution in [3.8, 4) is 5.75 Å². The van der Waals surface area contributed by atoms with Crippen LogP contribution in [0.2, 0.25) is 0 Å². The highest BCUT2D eigenvalue weighted by molar-refractivity contribution is 9.10. The molecule has 2 aromatic rings. The Kier molecular flexibility index (Phi) is 5.45. The summed E-state index contributed by atoms with van der Waals surface area (Å²) in [7, 11) is 3.71. The molecule has 0 aliphatic heterocycles. The van der Waals surface area contributed by atoms with Crippen LogP contribution < -0.4 is 10.5 Å². The molecule has 0 saturated heterocycles. The van der Waals surface area contributed by atoms with E-state index in [0.717, 1.165) is 33.9 Å². The maximum absolute atomic E-state index is 5.97. The van der Waals surface area contributed by atoms with Crippen molar-refractivity contribution in [3.63, 3.8) is 0 Å². The van der Waals surface area contributed by atoms with Crippen LogP contribution in [-0.4, -0.2) is 25.6 Å². The molecule has 2 rings (SSSR count). The fraction of sp³-hybridized carbons (Fsp3) is 0.375. The first-order valence-electron chi connectivity index (χ1n) is 6.84. The molecule has 1 atom stereocenters. The molecule has 114 valence electrons. The summed E-state index contributed by atoms with van der Waals surface area (Å²) >= 11 is 3.52. The minimum Gasteiger partial charge on any atom is -0.496 e. The second kappa shape index (κ2) is 7.11. The molecule has 0 bridgehead atoms. The molecule has 0 fully saturated rings. The standard InChI is InChI=1S/C16H21BrN2O2/c1-11-4-6-13(21-11)10-19(2)15(9-18)12-5-7-16(20-3)14(17)8-12/h4-8,15H,9-10,18H2,1-3H3. The van der Waals surface area contributed by atoms with E-state index >= 15 is 0 Å². The molecule has 21 heavy (non-hydrogen) atoms. The van der Waals surface area contributed by atoms with Gasteiger partial charge in [0, 0.05) is 12.6 Å². The van der Waals surface area contributed by atoms with E-state index in [0.29, 0.717) is 6.54 Å². The fourth-order valence-electron chi connectivity index (χ4n) is 2.39. The van der Waals surface area contributed by atoms with Crippen LogP contribution in [0.15, 0.2) is 39.2 Å². The Hall–Kier alpha value is -1.30. The van der Waals surface area contributed by atoms with Gasteiger partial charge in [-0.15, -0.1) is 0 Å². The Labute approximate surface area is 134 Å². The molecule has 0 aliphatic carbocycles. The maximum atomic E-state index is 5.97. The molecule has 1 unspecified atom stereocenters. The second-order valence-electron chi connectivity index (χ2n) is 5.07. The van der Waals surface area contributed by atoms with Crippen molar-refractivity contribution < 1.29 is 9.15 Å². The predicted octanol–water partition coefficient (Wildman–Crippen LogP) is 3.49. The lowest BCUT2D eigenvalue weighted by Crippen LogP contribution is -2.30. The number of hydrogen-bond donors (Lipinski definition) is 1. The van der Waals surface area contributed by atoms with E-state index in [-0.39, 0.29) is 6.04 Å². The van der Waals surface area contributed by atoms with Gasteiger partial charge in [0.25, 0.3) is 0 Å². The van der Waals surface area contributed by atoms with E-state index in [9.17, 15) is 0 Å². The number of benzene rings is 1. The Balaban J connectivity index is 2.16. The van der Waals surface area contributed by atoms with Gasteiger partial charge in [-0.1, -0.05) is 6.07 Å². The normalized spacial score (nSPS) is 12.7. The third-order valence-electron chi connectivity index (χ3n) is 3.52. The number of halogens is 1.